The quantitative estimate of drug-likeness (QED) is 0.393. The molecule has 0 aromatic heterocycles. The van der Waals surface area contributed by atoms with E-state index in [1.165, 1.54) is 0 Å². The van der Waals surface area contributed by atoms with Gasteiger partial charge in [-0.05, 0) is 66.6 Å². The van der Waals surface area contributed by atoms with E-state index >= 15 is 0 Å². The number of carbonyl (C=O) groups excluding carboxylic acids is 2. The van der Waals surface area contributed by atoms with Crippen LogP contribution in [-0.2, 0) is 14.3 Å². The van der Waals surface area contributed by atoms with E-state index in [2.05, 4.69) is 23.5 Å². The molecule has 2 aliphatic rings. The number of nitrogens with one attached hydrogen (secondary N) is 1. The zero-order valence-electron chi connectivity index (χ0n) is 21.8. The number of benzene rings is 3. The fraction of sp³-hybridized carbons (Fsp3) is 0.312. The smallest absolute Gasteiger partial charge is 0.337 e. The second-order valence-electron chi connectivity index (χ2n) is 9.98. The van der Waals surface area contributed by atoms with Gasteiger partial charge in [-0.3, -0.25) is 4.79 Å². The number of hydrogen-bond donors (Lipinski definition) is 1. The van der Waals surface area contributed by atoms with E-state index < -0.39 is 5.92 Å². The molecule has 0 radical (unpaired) electrons. The maximum absolute atomic E-state index is 13.9. The molecule has 0 fully saturated rings. The van der Waals surface area contributed by atoms with Crippen LogP contribution in [0, 0.1) is 0 Å². The minimum Gasteiger partial charge on any atom is -0.497 e. The lowest BCUT2D eigenvalue weighted by Gasteiger charge is -2.37. The van der Waals surface area contributed by atoms with Crippen LogP contribution in [0.4, 0.5) is 0 Å². The monoisotopic (exact) mass is 495 g/mol. The molecular weight excluding hydrogens is 462 g/mol. The number of hydrogen-bond acceptors (Lipinski definition) is 5. The molecule has 1 aliphatic heterocycles. The van der Waals surface area contributed by atoms with Gasteiger partial charge in [0.1, 0.15) is 5.75 Å². The van der Waals surface area contributed by atoms with Gasteiger partial charge in [0, 0.05) is 29.3 Å². The van der Waals surface area contributed by atoms with Crippen LogP contribution in [0.3, 0.4) is 0 Å². The Labute approximate surface area is 218 Å². The summed E-state index contributed by atoms with van der Waals surface area (Å²) in [4.78, 5) is 27.5. The van der Waals surface area contributed by atoms with Crippen molar-refractivity contribution in [1.82, 2.24) is 5.32 Å². The number of dihydropyridines is 1. The average molecular weight is 496 g/mol. The normalized spacial score (nSPS) is 20.4. The molecular formula is C32H33NO4. The summed E-state index contributed by atoms with van der Waals surface area (Å²) < 4.78 is 11.1. The number of ether oxygens (including phenoxy) is 2. The highest BCUT2D eigenvalue weighted by molar-refractivity contribution is 6.05. The van der Waals surface area contributed by atoms with Crippen molar-refractivity contribution in [2.75, 3.05) is 7.11 Å². The van der Waals surface area contributed by atoms with Crippen molar-refractivity contribution in [2.45, 2.75) is 58.0 Å². The molecule has 0 spiro atoms. The molecule has 5 rings (SSSR count). The number of carbonyl (C=O) groups is 2. The Hall–Kier alpha value is -3.86. The summed E-state index contributed by atoms with van der Waals surface area (Å²) in [5, 5.41) is 5.57. The molecule has 1 aliphatic carbocycles. The third-order valence-electron chi connectivity index (χ3n) is 7.65. The molecule has 0 unspecified atom stereocenters. The Morgan fingerprint density at radius 1 is 1.03 bits per heavy atom. The molecule has 3 atom stereocenters. The Kier molecular flexibility index (Phi) is 6.88. The Balaban J connectivity index is 1.62. The molecule has 5 heteroatoms. The lowest BCUT2D eigenvalue weighted by molar-refractivity contribution is -0.143. The van der Waals surface area contributed by atoms with Gasteiger partial charge in [0.2, 0.25) is 0 Å². The first-order valence-electron chi connectivity index (χ1n) is 13.0. The van der Waals surface area contributed by atoms with E-state index in [1.807, 2.05) is 69.3 Å². The third kappa shape index (κ3) is 4.66. The Morgan fingerprint density at radius 2 is 1.76 bits per heavy atom. The topological polar surface area (TPSA) is 64.6 Å². The Bertz CT molecular complexity index is 1410. The van der Waals surface area contributed by atoms with Crippen LogP contribution in [0.5, 0.6) is 5.75 Å². The lowest BCUT2D eigenvalue weighted by atomic mass is 9.71. The predicted octanol–water partition coefficient (Wildman–Crippen LogP) is 6.55. The zero-order chi connectivity index (χ0) is 26.1. The summed E-state index contributed by atoms with van der Waals surface area (Å²) in [7, 11) is 1.65. The number of ketones is 1. The highest BCUT2D eigenvalue weighted by Crippen LogP contribution is 2.47. The Morgan fingerprint density at radius 3 is 2.49 bits per heavy atom. The van der Waals surface area contributed by atoms with Crippen LogP contribution in [0.2, 0.25) is 0 Å². The van der Waals surface area contributed by atoms with Crippen molar-refractivity contribution in [1.29, 1.82) is 0 Å². The third-order valence-corrected chi connectivity index (χ3v) is 7.65. The fourth-order valence-corrected chi connectivity index (χ4v) is 5.56. The first-order valence-corrected chi connectivity index (χ1v) is 13.0. The SMILES string of the molecule is CC[C@H](C)OC(=O)C1=C(C)NC2=C(C(=O)C[C@@H](c3ccc(OC)cc3)C2)[C@H]1c1cccc2ccccc12. The van der Waals surface area contributed by atoms with Gasteiger partial charge in [0.15, 0.2) is 5.78 Å². The number of esters is 1. The molecule has 3 aromatic carbocycles. The number of rotatable bonds is 6. The van der Waals surface area contributed by atoms with E-state index in [-0.39, 0.29) is 23.8 Å². The average Bonchev–Trinajstić information content (AvgIpc) is 2.91. The molecule has 5 nitrogen and oxygen atoms in total. The van der Waals surface area contributed by atoms with Gasteiger partial charge < -0.3 is 14.8 Å². The zero-order valence-corrected chi connectivity index (χ0v) is 21.8. The van der Waals surface area contributed by atoms with Crippen molar-refractivity contribution in [3.05, 3.63) is 100 Å². The van der Waals surface area contributed by atoms with Crippen molar-refractivity contribution >= 4 is 22.5 Å². The van der Waals surface area contributed by atoms with Crippen LogP contribution in [0.15, 0.2) is 89.3 Å². The fourth-order valence-electron chi connectivity index (χ4n) is 5.56. The number of fused-ring (bicyclic) bond motifs is 1. The summed E-state index contributed by atoms with van der Waals surface area (Å²) in [6, 6.07) is 22.2. The van der Waals surface area contributed by atoms with Crippen molar-refractivity contribution in [2.24, 2.45) is 0 Å². The van der Waals surface area contributed by atoms with Gasteiger partial charge in [-0.2, -0.15) is 0 Å². The van der Waals surface area contributed by atoms with E-state index in [9.17, 15) is 9.59 Å². The van der Waals surface area contributed by atoms with Gasteiger partial charge in [-0.25, -0.2) is 4.79 Å². The molecule has 190 valence electrons. The lowest BCUT2D eigenvalue weighted by Crippen LogP contribution is -2.36. The summed E-state index contributed by atoms with van der Waals surface area (Å²) in [5.41, 5.74) is 4.90. The van der Waals surface area contributed by atoms with Crippen molar-refractivity contribution < 1.29 is 19.1 Å². The molecule has 0 saturated heterocycles. The van der Waals surface area contributed by atoms with Crippen LogP contribution in [0.25, 0.3) is 10.8 Å². The van der Waals surface area contributed by atoms with Crippen LogP contribution in [0.1, 0.15) is 63.0 Å². The minimum atomic E-state index is -0.483. The molecule has 1 heterocycles. The van der Waals surface area contributed by atoms with Crippen LogP contribution >= 0.6 is 0 Å². The van der Waals surface area contributed by atoms with E-state index in [0.717, 1.165) is 45.5 Å². The van der Waals surface area contributed by atoms with Gasteiger partial charge in [-0.15, -0.1) is 0 Å². The highest BCUT2D eigenvalue weighted by Gasteiger charge is 2.42. The first-order chi connectivity index (χ1) is 17.9. The van der Waals surface area contributed by atoms with Crippen molar-refractivity contribution in [3.8, 4) is 5.75 Å². The van der Waals surface area contributed by atoms with E-state index in [0.29, 0.717) is 24.0 Å². The van der Waals surface area contributed by atoms with Gasteiger partial charge >= 0.3 is 5.97 Å². The summed E-state index contributed by atoms with van der Waals surface area (Å²) in [6.07, 6.45) is 1.60. The molecule has 37 heavy (non-hydrogen) atoms. The van der Waals surface area contributed by atoms with Crippen molar-refractivity contribution in [3.63, 3.8) is 0 Å². The second kappa shape index (κ2) is 10.3. The first kappa shape index (κ1) is 24.8. The van der Waals surface area contributed by atoms with Crippen LogP contribution in [-0.4, -0.2) is 25.0 Å². The molecule has 3 aromatic rings. The van der Waals surface area contributed by atoms with Gasteiger partial charge in [0.25, 0.3) is 0 Å². The van der Waals surface area contributed by atoms with Crippen LogP contribution < -0.4 is 10.1 Å². The standard InChI is InChI=1S/C32H33NO4/c1-5-19(2)37-32(35)29-20(3)33-27-17-23(21-13-15-24(36-4)16-14-21)18-28(34)31(27)30(29)26-12-8-10-22-9-6-7-11-25(22)26/h6-16,19,23,30,33H,5,17-18H2,1-4H3/t19-,23-,30-/m0/s1. The highest BCUT2D eigenvalue weighted by atomic mass is 16.5. The number of methoxy groups -OCH3 is 1. The predicted molar refractivity (Wildman–Crippen MR) is 145 cm³/mol. The minimum absolute atomic E-state index is 0.0549. The summed E-state index contributed by atoms with van der Waals surface area (Å²) >= 11 is 0. The molecule has 0 saturated carbocycles. The largest absolute Gasteiger partial charge is 0.497 e. The molecule has 0 bridgehead atoms. The van der Waals surface area contributed by atoms with Gasteiger partial charge in [0.05, 0.1) is 18.8 Å². The van der Waals surface area contributed by atoms with E-state index in [4.69, 9.17) is 9.47 Å². The number of Topliss-reactive ketones (excluding diaryl/α,β-unsaturated/α-hetero) is 1. The second-order valence-corrected chi connectivity index (χ2v) is 9.98. The summed E-state index contributed by atoms with van der Waals surface area (Å²) in [5.74, 6) is 0.0612. The maximum atomic E-state index is 13.9. The van der Waals surface area contributed by atoms with Gasteiger partial charge in [-0.1, -0.05) is 61.5 Å². The molecule has 0 amide bonds. The molecule has 1 N–H and O–H groups in total. The van der Waals surface area contributed by atoms with E-state index in [1.54, 1.807) is 7.11 Å². The number of allylic oxidation sites excluding steroid dienone is 3. The summed E-state index contributed by atoms with van der Waals surface area (Å²) in [6.45, 7) is 5.80. The maximum Gasteiger partial charge on any atom is 0.337 e.